The number of benzene rings is 1. The second kappa shape index (κ2) is 8.83. The van der Waals surface area contributed by atoms with Crippen LogP contribution in [0.2, 0.25) is 0 Å². The van der Waals surface area contributed by atoms with Crippen LogP contribution in [0.25, 0.3) is 0 Å². The quantitative estimate of drug-likeness (QED) is 0.783. The molecule has 2 saturated heterocycles. The Morgan fingerprint density at radius 2 is 1.78 bits per heavy atom. The SMILES string of the molecule is CN1CCN(c2ccccc2C[C@H]2CCN(c3ccc(C4(O)CCCC4)nc3)C2=O)CC1. The molecule has 2 aliphatic heterocycles. The van der Waals surface area contributed by atoms with Crippen LogP contribution in [0.5, 0.6) is 0 Å². The van der Waals surface area contributed by atoms with Gasteiger partial charge in [0, 0.05) is 44.3 Å². The van der Waals surface area contributed by atoms with Crippen LogP contribution in [-0.2, 0) is 16.8 Å². The molecule has 5 rings (SSSR count). The minimum atomic E-state index is -0.789. The van der Waals surface area contributed by atoms with Gasteiger partial charge in [-0.2, -0.15) is 0 Å². The zero-order valence-electron chi connectivity index (χ0n) is 19.0. The van der Waals surface area contributed by atoms with E-state index in [2.05, 4.69) is 46.1 Å². The molecule has 6 heteroatoms. The van der Waals surface area contributed by atoms with Gasteiger partial charge in [0.2, 0.25) is 5.91 Å². The van der Waals surface area contributed by atoms with Gasteiger partial charge in [-0.3, -0.25) is 9.78 Å². The highest BCUT2D eigenvalue weighted by Crippen LogP contribution is 2.38. The molecule has 1 N–H and O–H groups in total. The molecule has 0 radical (unpaired) electrons. The van der Waals surface area contributed by atoms with Crippen molar-refractivity contribution < 1.29 is 9.90 Å². The van der Waals surface area contributed by atoms with Gasteiger partial charge in [-0.1, -0.05) is 31.0 Å². The molecule has 1 aromatic carbocycles. The minimum Gasteiger partial charge on any atom is -0.384 e. The first kappa shape index (κ1) is 21.4. The molecule has 2 aromatic rings. The summed E-state index contributed by atoms with van der Waals surface area (Å²) in [4.78, 5) is 24.5. The molecular weight excluding hydrogens is 400 g/mol. The molecule has 0 bridgehead atoms. The summed E-state index contributed by atoms with van der Waals surface area (Å²) in [5.74, 6) is 0.189. The van der Waals surface area contributed by atoms with E-state index >= 15 is 0 Å². The Labute approximate surface area is 190 Å². The number of hydrogen-bond donors (Lipinski definition) is 1. The molecule has 0 spiro atoms. The summed E-state index contributed by atoms with van der Waals surface area (Å²) < 4.78 is 0. The Hall–Kier alpha value is -2.44. The number of anilines is 2. The van der Waals surface area contributed by atoms with Crippen LogP contribution in [-0.4, -0.2) is 60.7 Å². The molecule has 3 heterocycles. The molecule has 1 aliphatic carbocycles. The highest BCUT2D eigenvalue weighted by atomic mass is 16.3. The summed E-state index contributed by atoms with van der Waals surface area (Å²) in [6, 6.07) is 12.4. The lowest BCUT2D eigenvalue weighted by Crippen LogP contribution is -2.44. The maximum atomic E-state index is 13.3. The molecule has 170 valence electrons. The zero-order chi connectivity index (χ0) is 22.1. The molecule has 0 unspecified atom stereocenters. The lowest BCUT2D eigenvalue weighted by molar-refractivity contribution is -0.120. The summed E-state index contributed by atoms with van der Waals surface area (Å²) in [6.07, 6.45) is 7.05. The van der Waals surface area contributed by atoms with Gasteiger partial charge in [0.05, 0.1) is 17.6 Å². The number of hydrogen-bond acceptors (Lipinski definition) is 5. The molecule has 32 heavy (non-hydrogen) atoms. The lowest BCUT2D eigenvalue weighted by Gasteiger charge is -2.35. The topological polar surface area (TPSA) is 59.9 Å². The van der Waals surface area contributed by atoms with E-state index < -0.39 is 5.60 Å². The summed E-state index contributed by atoms with van der Waals surface area (Å²) in [5, 5.41) is 10.8. The zero-order valence-corrected chi connectivity index (χ0v) is 19.0. The third-order valence-corrected chi connectivity index (χ3v) is 7.59. The van der Waals surface area contributed by atoms with Crippen LogP contribution >= 0.6 is 0 Å². The number of likely N-dealkylation sites (N-methyl/N-ethyl adjacent to an activating group) is 1. The van der Waals surface area contributed by atoms with Crippen LogP contribution in [0, 0.1) is 5.92 Å². The first-order valence-corrected chi connectivity index (χ1v) is 12.1. The highest BCUT2D eigenvalue weighted by molar-refractivity contribution is 5.97. The Bertz CT molecular complexity index is 947. The van der Waals surface area contributed by atoms with Crippen molar-refractivity contribution >= 4 is 17.3 Å². The van der Waals surface area contributed by atoms with Crippen molar-refractivity contribution in [1.29, 1.82) is 0 Å². The monoisotopic (exact) mass is 434 g/mol. The van der Waals surface area contributed by atoms with Crippen LogP contribution in [0.15, 0.2) is 42.6 Å². The van der Waals surface area contributed by atoms with Crippen LogP contribution in [0.1, 0.15) is 43.4 Å². The van der Waals surface area contributed by atoms with E-state index in [1.807, 2.05) is 17.0 Å². The number of carbonyl (C=O) groups excluding carboxylic acids is 1. The van der Waals surface area contributed by atoms with Gasteiger partial charge in [0.25, 0.3) is 0 Å². The molecule has 1 saturated carbocycles. The van der Waals surface area contributed by atoms with Crippen molar-refractivity contribution in [3.8, 4) is 0 Å². The highest BCUT2D eigenvalue weighted by Gasteiger charge is 2.36. The number of aromatic nitrogens is 1. The van der Waals surface area contributed by atoms with E-state index in [4.69, 9.17) is 0 Å². The van der Waals surface area contributed by atoms with Gasteiger partial charge in [-0.25, -0.2) is 0 Å². The molecule has 6 nitrogen and oxygen atoms in total. The Morgan fingerprint density at radius 3 is 2.50 bits per heavy atom. The molecule has 1 atom stereocenters. The summed E-state index contributed by atoms with van der Waals surface area (Å²) >= 11 is 0. The van der Waals surface area contributed by atoms with Gasteiger partial charge in [-0.15, -0.1) is 0 Å². The predicted octanol–water partition coefficient (Wildman–Crippen LogP) is 3.19. The van der Waals surface area contributed by atoms with Crippen LogP contribution in [0.3, 0.4) is 0 Å². The largest absolute Gasteiger partial charge is 0.384 e. The van der Waals surface area contributed by atoms with Gasteiger partial charge < -0.3 is 19.8 Å². The smallest absolute Gasteiger partial charge is 0.230 e. The molecule has 3 fully saturated rings. The molecule has 1 aromatic heterocycles. The van der Waals surface area contributed by atoms with E-state index in [1.54, 1.807) is 6.20 Å². The number of amides is 1. The summed E-state index contributed by atoms with van der Waals surface area (Å²) in [5.41, 5.74) is 3.35. The van der Waals surface area contributed by atoms with E-state index in [9.17, 15) is 9.90 Å². The van der Waals surface area contributed by atoms with Gasteiger partial charge in [-0.05, 0) is 56.5 Å². The minimum absolute atomic E-state index is 0.00214. The van der Waals surface area contributed by atoms with Crippen molar-refractivity contribution in [3.05, 3.63) is 53.9 Å². The second-order valence-electron chi connectivity index (χ2n) is 9.74. The van der Waals surface area contributed by atoms with E-state index in [0.29, 0.717) is 0 Å². The van der Waals surface area contributed by atoms with E-state index in [-0.39, 0.29) is 11.8 Å². The fourth-order valence-electron chi connectivity index (χ4n) is 5.53. The Morgan fingerprint density at radius 1 is 1.03 bits per heavy atom. The Balaban J connectivity index is 1.27. The van der Waals surface area contributed by atoms with Gasteiger partial charge >= 0.3 is 0 Å². The third-order valence-electron chi connectivity index (χ3n) is 7.59. The van der Waals surface area contributed by atoms with Crippen molar-refractivity contribution in [2.75, 3.05) is 49.6 Å². The lowest BCUT2D eigenvalue weighted by atomic mass is 9.96. The van der Waals surface area contributed by atoms with Gasteiger partial charge in [0.1, 0.15) is 5.60 Å². The fraction of sp³-hybridized carbons (Fsp3) is 0.538. The van der Waals surface area contributed by atoms with Crippen LogP contribution in [0.4, 0.5) is 11.4 Å². The number of carbonyl (C=O) groups is 1. The van der Waals surface area contributed by atoms with E-state index in [0.717, 1.165) is 82.6 Å². The number of rotatable bonds is 5. The van der Waals surface area contributed by atoms with Crippen LogP contribution < -0.4 is 9.80 Å². The van der Waals surface area contributed by atoms with Crippen molar-refractivity contribution in [2.24, 2.45) is 5.92 Å². The molecule has 3 aliphatic rings. The summed E-state index contributed by atoms with van der Waals surface area (Å²) in [6.45, 7) is 4.93. The molecular formula is C26H34N4O2. The molecule has 1 amide bonds. The maximum absolute atomic E-state index is 13.3. The first-order valence-electron chi connectivity index (χ1n) is 12.1. The Kier molecular flexibility index (Phi) is 5.91. The standard InChI is InChI=1S/C26H34N4O2/c1-28-14-16-29(17-15-28)23-7-3-2-6-20(23)18-21-10-13-30(25(21)31)22-8-9-24(27-19-22)26(32)11-4-5-12-26/h2-3,6-9,19,21,32H,4-5,10-18H2,1H3/t21-/m1/s1. The number of nitrogens with zero attached hydrogens (tertiary/aromatic N) is 4. The van der Waals surface area contributed by atoms with Crippen molar-refractivity contribution in [2.45, 2.75) is 44.1 Å². The third kappa shape index (κ3) is 4.14. The number of piperazine rings is 1. The number of pyridine rings is 1. The maximum Gasteiger partial charge on any atom is 0.230 e. The van der Waals surface area contributed by atoms with Gasteiger partial charge in [0.15, 0.2) is 0 Å². The normalized spacial score (nSPS) is 23.8. The number of para-hydroxylation sites is 1. The predicted molar refractivity (Wildman–Crippen MR) is 127 cm³/mol. The fourth-order valence-corrected chi connectivity index (χ4v) is 5.53. The second-order valence-corrected chi connectivity index (χ2v) is 9.74. The first-order chi connectivity index (χ1) is 15.5. The average molecular weight is 435 g/mol. The van der Waals surface area contributed by atoms with E-state index in [1.165, 1.54) is 11.3 Å². The van der Waals surface area contributed by atoms with Crippen molar-refractivity contribution in [1.82, 2.24) is 9.88 Å². The summed E-state index contributed by atoms with van der Waals surface area (Å²) in [7, 11) is 2.17. The van der Waals surface area contributed by atoms with Crippen molar-refractivity contribution in [3.63, 3.8) is 0 Å². The average Bonchev–Trinajstić information content (AvgIpc) is 3.42. The number of aliphatic hydroxyl groups is 1.